The van der Waals surface area contributed by atoms with Crippen LogP contribution in [0.3, 0.4) is 0 Å². The average molecular weight is 207 g/mol. The van der Waals surface area contributed by atoms with Gasteiger partial charge in [-0.1, -0.05) is 18.2 Å². The van der Waals surface area contributed by atoms with Crippen LogP contribution in [-0.4, -0.2) is 17.7 Å². The number of thiol groups is 1. The molecule has 2 nitrogen and oxygen atoms in total. The molecular weight excluding hydrogens is 194 g/mol. The van der Waals surface area contributed by atoms with Crippen LogP contribution in [0.15, 0.2) is 24.3 Å². The Morgan fingerprint density at radius 1 is 1.57 bits per heavy atom. The van der Waals surface area contributed by atoms with Crippen LogP contribution in [0.5, 0.6) is 0 Å². The molecule has 0 aromatic heterocycles. The predicted molar refractivity (Wildman–Crippen MR) is 60.9 cm³/mol. The third-order valence-corrected chi connectivity index (χ3v) is 2.88. The second-order valence-electron chi connectivity index (χ2n) is 3.60. The Bertz CT molecular complexity index is 364. The lowest BCUT2D eigenvalue weighted by molar-refractivity contribution is -0.116. The maximum absolute atomic E-state index is 11.6. The first kappa shape index (κ1) is 9.59. The topological polar surface area (TPSA) is 20.3 Å². The number of nitrogens with zero attached hydrogens (tertiary/aromatic N) is 1. The first-order chi connectivity index (χ1) is 6.74. The second kappa shape index (κ2) is 3.65. The quantitative estimate of drug-likeness (QED) is 0.697. The fraction of sp³-hybridized carbons (Fsp3) is 0.364. The van der Waals surface area contributed by atoms with E-state index in [0.29, 0.717) is 0 Å². The summed E-state index contributed by atoms with van der Waals surface area (Å²) in [6.07, 6.45) is 0.954. The summed E-state index contributed by atoms with van der Waals surface area (Å²) in [5, 5.41) is 0. The molecule has 74 valence electrons. The van der Waals surface area contributed by atoms with Gasteiger partial charge in [0.05, 0.1) is 5.75 Å². The van der Waals surface area contributed by atoms with E-state index in [9.17, 15) is 4.79 Å². The van der Waals surface area contributed by atoms with E-state index in [1.54, 1.807) is 0 Å². The van der Waals surface area contributed by atoms with Gasteiger partial charge in [0.25, 0.3) is 0 Å². The van der Waals surface area contributed by atoms with Crippen molar-refractivity contribution in [2.45, 2.75) is 19.4 Å². The fourth-order valence-electron chi connectivity index (χ4n) is 2.02. The molecule has 0 spiro atoms. The molecule has 0 N–H and O–H groups in total. The molecule has 0 radical (unpaired) electrons. The third kappa shape index (κ3) is 1.42. The standard InChI is InChI=1S/C11H13NOS/c1-8-6-9-4-2-3-5-10(9)12(8)11(13)7-14/h2-5,8,14H,6-7H2,1H3. The second-order valence-corrected chi connectivity index (χ2v) is 3.92. The maximum atomic E-state index is 11.6. The Balaban J connectivity index is 2.39. The summed E-state index contributed by atoms with van der Waals surface area (Å²) >= 11 is 4.03. The van der Waals surface area contributed by atoms with Crippen molar-refractivity contribution in [3.05, 3.63) is 29.8 Å². The molecule has 0 bridgehead atoms. The Hall–Kier alpha value is -0.960. The number of benzene rings is 1. The molecule has 1 aliphatic rings. The number of carbonyl (C=O) groups excluding carboxylic acids is 1. The van der Waals surface area contributed by atoms with E-state index < -0.39 is 0 Å². The lowest BCUT2D eigenvalue weighted by Gasteiger charge is -2.21. The van der Waals surface area contributed by atoms with Gasteiger partial charge in [0.1, 0.15) is 0 Å². The number of hydrogen-bond donors (Lipinski definition) is 1. The highest BCUT2D eigenvalue weighted by Crippen LogP contribution is 2.31. The number of carbonyl (C=O) groups is 1. The molecule has 3 heteroatoms. The van der Waals surface area contributed by atoms with Crippen molar-refractivity contribution in [1.82, 2.24) is 0 Å². The molecule has 2 rings (SSSR count). The van der Waals surface area contributed by atoms with Crippen LogP contribution in [0.2, 0.25) is 0 Å². The molecule has 1 aliphatic heterocycles. The Labute approximate surface area is 89.3 Å². The van der Waals surface area contributed by atoms with Gasteiger partial charge in [-0.2, -0.15) is 12.6 Å². The lowest BCUT2D eigenvalue weighted by Crippen LogP contribution is -2.36. The van der Waals surface area contributed by atoms with Crippen LogP contribution < -0.4 is 4.90 Å². The molecular formula is C11H13NOS. The zero-order valence-corrected chi connectivity index (χ0v) is 9.00. The molecule has 0 fully saturated rings. The minimum atomic E-state index is 0.0887. The van der Waals surface area contributed by atoms with Crippen LogP contribution in [0.25, 0.3) is 0 Å². The molecule has 1 unspecified atom stereocenters. The highest BCUT2D eigenvalue weighted by atomic mass is 32.1. The molecule has 1 atom stereocenters. The smallest absolute Gasteiger partial charge is 0.236 e. The Morgan fingerprint density at radius 3 is 3.00 bits per heavy atom. The van der Waals surface area contributed by atoms with E-state index in [4.69, 9.17) is 0 Å². The van der Waals surface area contributed by atoms with Gasteiger partial charge in [0.2, 0.25) is 5.91 Å². The van der Waals surface area contributed by atoms with Crippen LogP contribution in [0, 0.1) is 0 Å². The van der Waals surface area contributed by atoms with E-state index in [1.807, 2.05) is 23.1 Å². The minimum absolute atomic E-state index is 0.0887. The van der Waals surface area contributed by atoms with E-state index in [1.165, 1.54) is 5.56 Å². The summed E-state index contributed by atoms with van der Waals surface area (Å²) in [7, 11) is 0. The summed E-state index contributed by atoms with van der Waals surface area (Å²) in [4.78, 5) is 13.5. The van der Waals surface area contributed by atoms with Crippen molar-refractivity contribution in [3.8, 4) is 0 Å². The van der Waals surface area contributed by atoms with Crippen molar-refractivity contribution >= 4 is 24.2 Å². The largest absolute Gasteiger partial charge is 0.308 e. The average Bonchev–Trinajstić information content (AvgIpc) is 2.53. The summed E-state index contributed by atoms with van der Waals surface area (Å²) in [6, 6.07) is 8.33. The van der Waals surface area contributed by atoms with Gasteiger partial charge in [-0.05, 0) is 25.0 Å². The summed E-state index contributed by atoms with van der Waals surface area (Å²) in [5.74, 6) is 0.365. The van der Waals surface area contributed by atoms with Crippen LogP contribution in [-0.2, 0) is 11.2 Å². The van der Waals surface area contributed by atoms with Gasteiger partial charge < -0.3 is 4.90 Å². The number of amides is 1. The number of para-hydroxylation sites is 1. The predicted octanol–water partition coefficient (Wildman–Crippen LogP) is 1.89. The Morgan fingerprint density at radius 2 is 2.29 bits per heavy atom. The molecule has 1 aromatic carbocycles. The fourth-order valence-corrected chi connectivity index (χ4v) is 2.17. The number of anilines is 1. The van der Waals surface area contributed by atoms with Gasteiger partial charge in [-0.15, -0.1) is 0 Å². The van der Waals surface area contributed by atoms with Crippen molar-refractivity contribution in [2.24, 2.45) is 0 Å². The van der Waals surface area contributed by atoms with Crippen molar-refractivity contribution < 1.29 is 4.79 Å². The van der Waals surface area contributed by atoms with Crippen LogP contribution >= 0.6 is 12.6 Å². The molecule has 1 heterocycles. The van der Waals surface area contributed by atoms with Crippen LogP contribution in [0.1, 0.15) is 12.5 Å². The summed E-state index contributed by atoms with van der Waals surface area (Å²) in [6.45, 7) is 2.07. The first-order valence-corrected chi connectivity index (χ1v) is 5.38. The molecule has 0 saturated carbocycles. The van der Waals surface area contributed by atoms with Crippen molar-refractivity contribution in [1.29, 1.82) is 0 Å². The van der Waals surface area contributed by atoms with Gasteiger partial charge in [0.15, 0.2) is 0 Å². The minimum Gasteiger partial charge on any atom is -0.308 e. The number of hydrogen-bond acceptors (Lipinski definition) is 2. The summed E-state index contributed by atoms with van der Waals surface area (Å²) < 4.78 is 0. The van der Waals surface area contributed by atoms with Gasteiger partial charge in [0, 0.05) is 11.7 Å². The SMILES string of the molecule is CC1Cc2ccccc2N1C(=O)CS. The zero-order valence-electron chi connectivity index (χ0n) is 8.10. The van der Waals surface area contributed by atoms with Gasteiger partial charge >= 0.3 is 0 Å². The number of fused-ring (bicyclic) bond motifs is 1. The molecule has 1 aromatic rings. The molecule has 0 aliphatic carbocycles. The zero-order chi connectivity index (χ0) is 10.1. The third-order valence-electron chi connectivity index (χ3n) is 2.61. The van der Waals surface area contributed by atoms with Crippen molar-refractivity contribution in [2.75, 3.05) is 10.7 Å². The Kier molecular flexibility index (Phi) is 2.50. The molecule has 0 saturated heterocycles. The van der Waals surface area contributed by atoms with Crippen LogP contribution in [0.4, 0.5) is 5.69 Å². The first-order valence-electron chi connectivity index (χ1n) is 4.75. The van der Waals surface area contributed by atoms with E-state index in [0.717, 1.165) is 12.1 Å². The van der Waals surface area contributed by atoms with E-state index >= 15 is 0 Å². The van der Waals surface area contributed by atoms with Crippen molar-refractivity contribution in [3.63, 3.8) is 0 Å². The van der Waals surface area contributed by atoms with Gasteiger partial charge in [-0.25, -0.2) is 0 Å². The van der Waals surface area contributed by atoms with E-state index in [2.05, 4.69) is 25.6 Å². The molecule has 1 amide bonds. The maximum Gasteiger partial charge on any atom is 0.236 e. The number of rotatable bonds is 1. The highest BCUT2D eigenvalue weighted by molar-refractivity contribution is 7.81. The summed E-state index contributed by atoms with van der Waals surface area (Å²) in [5.41, 5.74) is 2.31. The lowest BCUT2D eigenvalue weighted by atomic mass is 10.1. The highest BCUT2D eigenvalue weighted by Gasteiger charge is 2.29. The molecule has 14 heavy (non-hydrogen) atoms. The van der Waals surface area contributed by atoms with E-state index in [-0.39, 0.29) is 17.7 Å². The van der Waals surface area contributed by atoms with Gasteiger partial charge in [-0.3, -0.25) is 4.79 Å². The normalized spacial score (nSPS) is 19.6. The monoisotopic (exact) mass is 207 g/mol.